The fraction of sp³-hybridized carbons (Fsp3) is 0.444. The number of aliphatic imine (C=N–C) groups is 1. The van der Waals surface area contributed by atoms with Gasteiger partial charge >= 0.3 is 0 Å². The summed E-state index contributed by atoms with van der Waals surface area (Å²) in [4.78, 5) is 20.6. The first-order valence-corrected chi connectivity index (χ1v) is 9.72. The highest BCUT2D eigenvalue weighted by Crippen LogP contribution is 2.16. The fourth-order valence-electron chi connectivity index (χ4n) is 2.60. The molecule has 0 aliphatic rings. The number of hydrogen-bond donors (Lipinski definition) is 3. The van der Waals surface area contributed by atoms with Crippen LogP contribution in [0.4, 0.5) is 5.82 Å². The van der Waals surface area contributed by atoms with Crippen molar-refractivity contribution in [2.75, 3.05) is 32.0 Å². The first kappa shape index (κ1) is 20.7. The first-order valence-electron chi connectivity index (χ1n) is 8.64. The molecule has 142 valence electrons. The SMILES string of the molecule is CCNC(=NCC(OCC)OCC)c1c(N)[nH]c2cc(I)ccc2c1=O. The summed E-state index contributed by atoms with van der Waals surface area (Å²) in [7, 11) is 0. The summed E-state index contributed by atoms with van der Waals surface area (Å²) in [5.41, 5.74) is 7.04. The van der Waals surface area contributed by atoms with Gasteiger partial charge in [-0.3, -0.25) is 9.79 Å². The van der Waals surface area contributed by atoms with Crippen molar-refractivity contribution in [3.63, 3.8) is 0 Å². The fourth-order valence-corrected chi connectivity index (χ4v) is 3.09. The van der Waals surface area contributed by atoms with E-state index < -0.39 is 6.29 Å². The smallest absolute Gasteiger partial charge is 0.202 e. The summed E-state index contributed by atoms with van der Waals surface area (Å²) in [5.74, 6) is 0.727. The Morgan fingerprint density at radius 2 is 2.00 bits per heavy atom. The zero-order valence-corrected chi connectivity index (χ0v) is 17.4. The minimum absolute atomic E-state index is 0.156. The van der Waals surface area contributed by atoms with E-state index in [1.54, 1.807) is 6.07 Å². The lowest BCUT2D eigenvalue weighted by atomic mass is 10.1. The first-order chi connectivity index (χ1) is 12.5. The average molecular weight is 472 g/mol. The molecule has 0 saturated heterocycles. The molecule has 1 heterocycles. The molecule has 0 radical (unpaired) electrons. The number of fused-ring (bicyclic) bond motifs is 1. The summed E-state index contributed by atoms with van der Waals surface area (Å²) in [6.45, 7) is 7.65. The van der Waals surface area contributed by atoms with Gasteiger partial charge < -0.3 is 25.5 Å². The Hall–Kier alpha value is -1.65. The predicted molar refractivity (Wildman–Crippen MR) is 114 cm³/mol. The minimum Gasteiger partial charge on any atom is -0.385 e. The third-order valence-electron chi connectivity index (χ3n) is 3.68. The quantitative estimate of drug-likeness (QED) is 0.237. The second kappa shape index (κ2) is 9.89. The molecule has 8 heteroatoms. The molecule has 0 aliphatic carbocycles. The standard InChI is InChI=1S/C18H25IN4O3/c1-4-21-18(22-10-14(25-5-2)26-6-3)15-16(24)12-8-7-11(19)9-13(12)23-17(15)20/h7-9,14H,4-6,10H2,1-3H3,(H,21,22)(H3,20,23,24). The maximum atomic E-state index is 13.0. The van der Waals surface area contributed by atoms with Crippen LogP contribution in [0.3, 0.4) is 0 Å². The zero-order valence-electron chi connectivity index (χ0n) is 15.3. The molecular formula is C18H25IN4O3. The number of halogens is 1. The van der Waals surface area contributed by atoms with Crippen LogP contribution in [0.1, 0.15) is 26.3 Å². The molecule has 0 aliphatic heterocycles. The Morgan fingerprint density at radius 1 is 1.31 bits per heavy atom. The van der Waals surface area contributed by atoms with Crippen molar-refractivity contribution in [1.82, 2.24) is 10.3 Å². The van der Waals surface area contributed by atoms with E-state index in [9.17, 15) is 4.79 Å². The molecule has 7 nitrogen and oxygen atoms in total. The number of pyridine rings is 1. The highest BCUT2D eigenvalue weighted by atomic mass is 127. The number of H-pyrrole nitrogens is 1. The van der Waals surface area contributed by atoms with Crippen LogP contribution in [-0.4, -0.2) is 43.4 Å². The normalized spacial score (nSPS) is 12.1. The van der Waals surface area contributed by atoms with Gasteiger partial charge in [-0.1, -0.05) is 0 Å². The highest BCUT2D eigenvalue weighted by molar-refractivity contribution is 14.1. The second-order valence-corrected chi connectivity index (χ2v) is 6.74. The number of amidine groups is 1. The number of nitrogens with one attached hydrogen (secondary N) is 2. The van der Waals surface area contributed by atoms with Crippen molar-refractivity contribution in [2.45, 2.75) is 27.1 Å². The summed E-state index contributed by atoms with van der Waals surface area (Å²) >= 11 is 2.20. The van der Waals surface area contributed by atoms with E-state index in [4.69, 9.17) is 15.2 Å². The molecule has 1 aromatic carbocycles. The molecule has 1 aromatic heterocycles. The van der Waals surface area contributed by atoms with Gasteiger partial charge in [-0.05, 0) is 61.6 Å². The van der Waals surface area contributed by atoms with Crippen LogP contribution in [0.5, 0.6) is 0 Å². The molecule has 0 atom stereocenters. The number of aromatic amines is 1. The summed E-state index contributed by atoms with van der Waals surface area (Å²) in [6.07, 6.45) is -0.457. The minimum atomic E-state index is -0.457. The topological polar surface area (TPSA) is 102 Å². The van der Waals surface area contributed by atoms with Crippen LogP contribution in [0.2, 0.25) is 0 Å². The van der Waals surface area contributed by atoms with E-state index in [0.717, 1.165) is 3.57 Å². The third-order valence-corrected chi connectivity index (χ3v) is 4.35. The van der Waals surface area contributed by atoms with Crippen molar-refractivity contribution in [2.24, 2.45) is 4.99 Å². The van der Waals surface area contributed by atoms with Gasteiger partial charge in [0.1, 0.15) is 17.2 Å². The molecular weight excluding hydrogens is 447 g/mol. The van der Waals surface area contributed by atoms with Gasteiger partial charge in [0.05, 0.1) is 12.1 Å². The van der Waals surface area contributed by atoms with Gasteiger partial charge in [0.25, 0.3) is 0 Å². The molecule has 0 fully saturated rings. The summed E-state index contributed by atoms with van der Waals surface area (Å²) in [6, 6.07) is 5.58. The lowest BCUT2D eigenvalue weighted by Gasteiger charge is -2.16. The van der Waals surface area contributed by atoms with Crippen molar-refractivity contribution < 1.29 is 9.47 Å². The summed E-state index contributed by atoms with van der Waals surface area (Å²) in [5, 5.41) is 3.71. The molecule has 0 bridgehead atoms. The van der Waals surface area contributed by atoms with E-state index in [2.05, 4.69) is 37.9 Å². The van der Waals surface area contributed by atoms with Gasteiger partial charge in [0, 0.05) is 28.7 Å². The maximum absolute atomic E-state index is 13.0. The Labute approximate surface area is 166 Å². The number of nitrogen functional groups attached to an aromatic ring is 1. The van der Waals surface area contributed by atoms with Crippen LogP contribution in [-0.2, 0) is 9.47 Å². The van der Waals surface area contributed by atoms with Crippen LogP contribution in [0.15, 0.2) is 28.0 Å². The third kappa shape index (κ3) is 4.95. The largest absolute Gasteiger partial charge is 0.385 e. The molecule has 26 heavy (non-hydrogen) atoms. The molecule has 0 spiro atoms. The lowest BCUT2D eigenvalue weighted by molar-refractivity contribution is -0.128. The number of hydrogen-bond acceptors (Lipinski definition) is 5. The van der Waals surface area contributed by atoms with Crippen molar-refractivity contribution in [3.8, 4) is 0 Å². The number of anilines is 1. The van der Waals surface area contributed by atoms with Crippen LogP contribution < -0.4 is 16.5 Å². The highest BCUT2D eigenvalue weighted by Gasteiger charge is 2.17. The van der Waals surface area contributed by atoms with E-state index in [1.165, 1.54) is 0 Å². The molecule has 2 rings (SSSR count). The average Bonchev–Trinajstić information content (AvgIpc) is 2.59. The van der Waals surface area contributed by atoms with Crippen LogP contribution >= 0.6 is 22.6 Å². The van der Waals surface area contributed by atoms with Crippen molar-refractivity contribution in [3.05, 3.63) is 37.6 Å². The molecule has 0 amide bonds. The number of nitrogens with two attached hydrogens (primary N) is 1. The Balaban J connectivity index is 2.47. The monoisotopic (exact) mass is 472 g/mol. The van der Waals surface area contributed by atoms with Gasteiger partial charge in [-0.15, -0.1) is 0 Å². The van der Waals surface area contributed by atoms with Gasteiger partial charge in [-0.25, -0.2) is 0 Å². The van der Waals surface area contributed by atoms with Crippen LogP contribution in [0.25, 0.3) is 10.9 Å². The lowest BCUT2D eigenvalue weighted by Crippen LogP contribution is -2.33. The van der Waals surface area contributed by atoms with E-state index in [1.807, 2.05) is 32.9 Å². The van der Waals surface area contributed by atoms with Crippen molar-refractivity contribution >= 4 is 45.1 Å². The number of rotatable bonds is 8. The Bertz CT molecular complexity index is 829. The van der Waals surface area contributed by atoms with Gasteiger partial charge in [0.2, 0.25) is 5.43 Å². The molecule has 4 N–H and O–H groups in total. The van der Waals surface area contributed by atoms with E-state index in [0.29, 0.717) is 42.1 Å². The summed E-state index contributed by atoms with van der Waals surface area (Å²) < 4.78 is 12.1. The van der Waals surface area contributed by atoms with E-state index in [-0.39, 0.29) is 17.8 Å². The van der Waals surface area contributed by atoms with Gasteiger partial charge in [0.15, 0.2) is 6.29 Å². The van der Waals surface area contributed by atoms with Crippen LogP contribution in [0, 0.1) is 3.57 Å². The molecule has 2 aromatic rings. The Morgan fingerprint density at radius 3 is 2.62 bits per heavy atom. The maximum Gasteiger partial charge on any atom is 0.202 e. The van der Waals surface area contributed by atoms with Gasteiger partial charge in [-0.2, -0.15) is 0 Å². The number of aromatic nitrogens is 1. The number of benzene rings is 1. The molecule has 0 unspecified atom stereocenters. The number of nitrogens with zero attached hydrogens (tertiary/aromatic N) is 1. The predicted octanol–water partition coefficient (Wildman–Crippen LogP) is 2.47. The zero-order chi connectivity index (χ0) is 19.1. The molecule has 0 saturated carbocycles. The second-order valence-electron chi connectivity index (χ2n) is 5.49. The number of ether oxygens (including phenoxy) is 2. The van der Waals surface area contributed by atoms with Crippen molar-refractivity contribution in [1.29, 1.82) is 0 Å². The van der Waals surface area contributed by atoms with E-state index >= 15 is 0 Å². The Kier molecular flexibility index (Phi) is 7.85.